The van der Waals surface area contributed by atoms with E-state index >= 15 is 0 Å². The summed E-state index contributed by atoms with van der Waals surface area (Å²) in [6, 6.07) is 1.39. The number of nitrogens with one attached hydrogen (secondary N) is 1. The molecule has 0 unspecified atom stereocenters. The second-order valence-electron chi connectivity index (χ2n) is 11.5. The molecule has 3 aliphatic heterocycles. The summed E-state index contributed by atoms with van der Waals surface area (Å²) < 4.78 is 33.1. The minimum absolute atomic E-state index is 0.0752. The number of amides is 3. The summed E-state index contributed by atoms with van der Waals surface area (Å²) in [7, 11) is -2.12. The molecule has 0 radical (unpaired) electrons. The van der Waals surface area contributed by atoms with Gasteiger partial charge in [-0.1, -0.05) is 23.2 Å². The molecule has 13 nitrogen and oxygen atoms in total. The van der Waals surface area contributed by atoms with Gasteiger partial charge in [-0.05, 0) is 63.3 Å². The molecule has 3 aliphatic rings. The third-order valence-corrected chi connectivity index (χ3v) is 10.7. The zero-order chi connectivity index (χ0) is 32.0. The van der Waals surface area contributed by atoms with Gasteiger partial charge >= 0.3 is 12.1 Å². The number of piperazine rings is 1. The Morgan fingerprint density at radius 3 is 2.20 bits per heavy atom. The number of benzene rings is 1. The van der Waals surface area contributed by atoms with E-state index in [1.807, 2.05) is 7.05 Å². The molecule has 1 aromatic rings. The molecule has 1 aromatic carbocycles. The van der Waals surface area contributed by atoms with Crippen LogP contribution in [0.25, 0.3) is 0 Å². The van der Waals surface area contributed by atoms with E-state index in [0.717, 1.165) is 17.4 Å². The number of carbonyl (C=O) groups excluding carboxylic acids is 3. The molecule has 44 heavy (non-hydrogen) atoms. The number of carbonyl (C=O) groups is 4. The van der Waals surface area contributed by atoms with E-state index in [0.29, 0.717) is 52.0 Å². The van der Waals surface area contributed by atoms with Crippen LogP contribution in [0.1, 0.15) is 38.5 Å². The van der Waals surface area contributed by atoms with Crippen molar-refractivity contribution in [3.05, 3.63) is 28.2 Å². The third-order valence-electron chi connectivity index (χ3n) is 8.38. The van der Waals surface area contributed by atoms with E-state index in [1.165, 1.54) is 18.2 Å². The Balaban J connectivity index is 1.24. The van der Waals surface area contributed by atoms with Crippen molar-refractivity contribution in [1.82, 2.24) is 24.3 Å². The number of rotatable bonds is 10. The Morgan fingerprint density at radius 2 is 1.59 bits per heavy atom. The second kappa shape index (κ2) is 15.1. The zero-order valence-corrected chi connectivity index (χ0v) is 26.9. The van der Waals surface area contributed by atoms with E-state index in [-0.39, 0.29) is 58.7 Å². The van der Waals surface area contributed by atoms with Crippen LogP contribution in [0.2, 0.25) is 10.0 Å². The summed E-state index contributed by atoms with van der Waals surface area (Å²) in [6.45, 7) is 4.17. The average Bonchev–Trinajstić information content (AvgIpc) is 3.49. The van der Waals surface area contributed by atoms with Crippen LogP contribution in [0, 0.1) is 5.92 Å². The molecule has 3 heterocycles. The van der Waals surface area contributed by atoms with Crippen molar-refractivity contribution in [1.29, 1.82) is 0 Å². The molecule has 0 aromatic heterocycles. The molecule has 0 aliphatic carbocycles. The lowest BCUT2D eigenvalue weighted by Gasteiger charge is -2.34. The number of carboxylic acids is 1. The van der Waals surface area contributed by atoms with E-state index < -0.39 is 34.0 Å². The Morgan fingerprint density at radius 1 is 0.955 bits per heavy atom. The number of nitrogens with zero attached hydrogens (tertiary/aromatic N) is 4. The molecule has 3 fully saturated rings. The number of hydrogen-bond donors (Lipinski definition) is 2. The fourth-order valence-electron chi connectivity index (χ4n) is 5.67. The van der Waals surface area contributed by atoms with E-state index in [1.54, 1.807) is 9.80 Å². The van der Waals surface area contributed by atoms with Crippen LogP contribution in [0.4, 0.5) is 4.79 Å². The molecular formula is C28H39Cl2N5O8S. The molecule has 3 saturated heterocycles. The highest BCUT2D eigenvalue weighted by atomic mass is 35.5. The molecular weight excluding hydrogens is 637 g/mol. The number of hydrogen-bond acceptors (Lipinski definition) is 8. The number of halogens is 2. The number of likely N-dealkylation sites (tertiary alicyclic amines) is 1. The Labute approximate surface area is 267 Å². The lowest BCUT2D eigenvalue weighted by molar-refractivity contribution is -0.143. The van der Waals surface area contributed by atoms with Crippen molar-refractivity contribution in [3.8, 4) is 0 Å². The number of sulfonamides is 1. The van der Waals surface area contributed by atoms with E-state index in [4.69, 9.17) is 27.9 Å². The van der Waals surface area contributed by atoms with Gasteiger partial charge in [0, 0.05) is 62.3 Å². The maximum absolute atomic E-state index is 13.3. The van der Waals surface area contributed by atoms with Gasteiger partial charge in [0.1, 0.15) is 12.1 Å². The SMILES string of the molecule is CN1CCN(C(=O)OCC2CCN(C(=O)CC[C@H](NC(=O)[C@H]3CCCN3S(=O)(=O)c3cc(Cl)cc(Cl)c3)C(=O)O)CC2)CC1. The van der Waals surface area contributed by atoms with Gasteiger partial charge in [0.2, 0.25) is 21.8 Å². The summed E-state index contributed by atoms with van der Waals surface area (Å²) in [5.74, 6) is -2.16. The maximum Gasteiger partial charge on any atom is 0.409 e. The van der Waals surface area contributed by atoms with Gasteiger partial charge in [-0.2, -0.15) is 4.31 Å². The lowest BCUT2D eigenvalue weighted by Crippen LogP contribution is -2.51. The van der Waals surface area contributed by atoms with Crippen LogP contribution in [0.3, 0.4) is 0 Å². The smallest absolute Gasteiger partial charge is 0.409 e. The van der Waals surface area contributed by atoms with Crippen molar-refractivity contribution in [2.75, 3.05) is 59.5 Å². The normalized spacial score (nSPS) is 21.2. The van der Waals surface area contributed by atoms with Crippen molar-refractivity contribution in [2.45, 2.75) is 55.5 Å². The van der Waals surface area contributed by atoms with E-state index in [9.17, 15) is 32.7 Å². The lowest BCUT2D eigenvalue weighted by atomic mass is 9.97. The Hall–Kier alpha value is -2.65. The number of aliphatic carboxylic acids is 1. The molecule has 2 atom stereocenters. The minimum Gasteiger partial charge on any atom is -0.480 e. The molecule has 0 saturated carbocycles. The van der Waals surface area contributed by atoms with Gasteiger partial charge in [0.15, 0.2) is 0 Å². The standard InChI is InChI=1S/C28H39Cl2N5O8S/c1-32-11-13-34(14-12-32)28(40)43-18-19-6-9-33(10-7-19)25(36)5-4-23(27(38)39)31-26(37)24-3-2-8-35(24)44(41,42)22-16-20(29)15-21(30)17-22/h15-17,19,23-24H,2-14,18H2,1H3,(H,31,37)(H,38,39)/t23-,24+/m0/s1. The number of likely N-dealkylation sites (N-methyl/N-ethyl adjacent to an activating group) is 1. The largest absolute Gasteiger partial charge is 0.480 e. The highest BCUT2D eigenvalue weighted by Gasteiger charge is 2.41. The quantitative estimate of drug-likeness (QED) is 0.379. The fourth-order valence-corrected chi connectivity index (χ4v) is 8.06. The molecule has 2 N–H and O–H groups in total. The maximum atomic E-state index is 13.3. The van der Waals surface area contributed by atoms with Crippen molar-refractivity contribution >= 4 is 57.1 Å². The van der Waals surface area contributed by atoms with Crippen molar-refractivity contribution in [3.63, 3.8) is 0 Å². The van der Waals surface area contributed by atoms with Crippen LogP contribution in [-0.4, -0.2) is 128 Å². The molecule has 0 bridgehead atoms. The Bertz CT molecular complexity index is 1310. The monoisotopic (exact) mass is 675 g/mol. The summed E-state index contributed by atoms with van der Waals surface area (Å²) in [5, 5.41) is 12.4. The minimum atomic E-state index is -4.13. The van der Waals surface area contributed by atoms with Crippen LogP contribution < -0.4 is 5.32 Å². The van der Waals surface area contributed by atoms with Crippen LogP contribution in [0.5, 0.6) is 0 Å². The summed E-state index contributed by atoms with van der Waals surface area (Å²) in [4.78, 5) is 55.7. The van der Waals surface area contributed by atoms with Gasteiger partial charge < -0.3 is 29.9 Å². The van der Waals surface area contributed by atoms with Gasteiger partial charge in [0.25, 0.3) is 0 Å². The van der Waals surface area contributed by atoms with Crippen molar-refractivity contribution < 1.29 is 37.4 Å². The molecule has 16 heteroatoms. The first-order valence-electron chi connectivity index (χ1n) is 14.7. The first kappa shape index (κ1) is 34.2. The predicted molar refractivity (Wildman–Crippen MR) is 162 cm³/mol. The molecule has 244 valence electrons. The summed E-state index contributed by atoms with van der Waals surface area (Å²) in [5.41, 5.74) is 0. The Kier molecular flexibility index (Phi) is 11.7. The average molecular weight is 677 g/mol. The van der Waals surface area contributed by atoms with Crippen LogP contribution >= 0.6 is 23.2 Å². The first-order chi connectivity index (χ1) is 20.8. The molecule has 3 amide bonds. The summed E-state index contributed by atoms with van der Waals surface area (Å²) in [6.07, 6.45) is 1.37. The second-order valence-corrected chi connectivity index (χ2v) is 14.3. The number of ether oxygens (including phenoxy) is 1. The van der Waals surface area contributed by atoms with Gasteiger partial charge in [0.05, 0.1) is 11.5 Å². The molecule has 0 spiro atoms. The van der Waals surface area contributed by atoms with E-state index in [2.05, 4.69) is 10.2 Å². The number of piperidine rings is 1. The van der Waals surface area contributed by atoms with Gasteiger partial charge in [-0.25, -0.2) is 18.0 Å². The first-order valence-corrected chi connectivity index (χ1v) is 16.9. The fraction of sp³-hybridized carbons (Fsp3) is 0.643. The topological polar surface area (TPSA) is 157 Å². The van der Waals surface area contributed by atoms with Crippen LogP contribution in [0.15, 0.2) is 23.1 Å². The highest BCUT2D eigenvalue weighted by molar-refractivity contribution is 7.89. The van der Waals surface area contributed by atoms with Crippen LogP contribution in [-0.2, 0) is 29.1 Å². The summed E-state index contributed by atoms with van der Waals surface area (Å²) >= 11 is 12.0. The van der Waals surface area contributed by atoms with Gasteiger partial charge in [-0.15, -0.1) is 0 Å². The molecule has 4 rings (SSSR count). The van der Waals surface area contributed by atoms with Crippen molar-refractivity contribution in [2.24, 2.45) is 5.92 Å². The van der Waals surface area contributed by atoms with Gasteiger partial charge in [-0.3, -0.25) is 9.59 Å². The third kappa shape index (κ3) is 8.75. The highest BCUT2D eigenvalue weighted by Crippen LogP contribution is 2.30. The predicted octanol–water partition coefficient (Wildman–Crippen LogP) is 2.12. The zero-order valence-electron chi connectivity index (χ0n) is 24.6. The number of carboxylic acid groups (broad SMARTS) is 1.